The summed E-state index contributed by atoms with van der Waals surface area (Å²) in [6.07, 6.45) is 6.80. The van der Waals surface area contributed by atoms with Crippen molar-refractivity contribution in [3.8, 4) is 10.4 Å². The fourth-order valence-electron chi connectivity index (χ4n) is 4.01. The van der Waals surface area contributed by atoms with E-state index in [4.69, 9.17) is 4.98 Å². The first-order valence-corrected chi connectivity index (χ1v) is 12.3. The van der Waals surface area contributed by atoms with Crippen LogP contribution in [-0.4, -0.2) is 15.3 Å². The molecule has 29 heavy (non-hydrogen) atoms. The summed E-state index contributed by atoms with van der Waals surface area (Å²) in [5, 5.41) is 1.67. The van der Waals surface area contributed by atoms with Gasteiger partial charge in [-0.3, -0.25) is 9.36 Å². The van der Waals surface area contributed by atoms with E-state index >= 15 is 0 Å². The molecule has 0 atom stereocenters. The second-order valence-corrected chi connectivity index (χ2v) is 9.96. The maximum atomic E-state index is 13.5. The number of hydrogen-bond donors (Lipinski definition) is 0. The van der Waals surface area contributed by atoms with Gasteiger partial charge in [-0.05, 0) is 42.9 Å². The number of thiophene rings is 1. The lowest BCUT2D eigenvalue weighted by Gasteiger charge is -2.16. The Hall–Kier alpha value is -1.85. The molecular weight excluding hydrogens is 396 g/mol. The van der Waals surface area contributed by atoms with Crippen LogP contribution in [0, 0.1) is 0 Å². The zero-order valence-corrected chi connectivity index (χ0v) is 18.9. The molecule has 2 heterocycles. The van der Waals surface area contributed by atoms with Crippen LogP contribution in [-0.2, 0) is 19.4 Å². The van der Waals surface area contributed by atoms with Crippen LogP contribution in [0.25, 0.3) is 20.7 Å². The van der Waals surface area contributed by atoms with Crippen molar-refractivity contribution < 1.29 is 0 Å². The first-order chi connectivity index (χ1) is 14.1. The molecule has 0 fully saturated rings. The Bertz CT molecular complexity index is 1110. The molecule has 0 unspecified atom stereocenters. The standard InChI is InChI=1S/C24H28N2OS2/c1-4-5-6-9-14-28-24-25-22-20(23(27)26(24)15-16(2)3)19-13-12-17-10-7-8-11-18(17)21(19)29-22/h7-8,10-11H,2,4-6,9,12-15H2,1,3H3. The number of unbranched alkanes of at least 4 members (excludes halogenated alkanes) is 3. The van der Waals surface area contributed by atoms with Crippen LogP contribution in [0.4, 0.5) is 0 Å². The summed E-state index contributed by atoms with van der Waals surface area (Å²) in [7, 11) is 0. The Morgan fingerprint density at radius 1 is 1.24 bits per heavy atom. The third-order valence-corrected chi connectivity index (χ3v) is 7.66. The van der Waals surface area contributed by atoms with Crippen molar-refractivity contribution in [1.29, 1.82) is 0 Å². The number of fused-ring (bicyclic) bond motifs is 5. The summed E-state index contributed by atoms with van der Waals surface area (Å²) in [6.45, 7) is 8.79. The van der Waals surface area contributed by atoms with Crippen molar-refractivity contribution in [3.05, 3.63) is 57.9 Å². The minimum Gasteiger partial charge on any atom is -0.283 e. The van der Waals surface area contributed by atoms with Gasteiger partial charge in [0.15, 0.2) is 5.16 Å². The molecule has 0 saturated carbocycles. The zero-order chi connectivity index (χ0) is 20.4. The smallest absolute Gasteiger partial charge is 0.263 e. The predicted octanol–water partition coefficient (Wildman–Crippen LogP) is 6.47. The van der Waals surface area contributed by atoms with Crippen LogP contribution in [0.15, 0.2) is 46.4 Å². The molecule has 5 heteroatoms. The number of rotatable bonds is 8. The number of benzene rings is 1. The number of nitrogens with zero attached hydrogens (tertiary/aromatic N) is 2. The SMILES string of the molecule is C=C(C)Cn1c(SCCCCCC)nc2sc3c(c2c1=O)CCc1ccccc1-3. The van der Waals surface area contributed by atoms with Crippen LogP contribution < -0.4 is 5.56 Å². The molecule has 0 bridgehead atoms. The van der Waals surface area contributed by atoms with E-state index in [1.807, 2.05) is 11.5 Å². The highest BCUT2D eigenvalue weighted by atomic mass is 32.2. The highest BCUT2D eigenvalue weighted by molar-refractivity contribution is 7.99. The van der Waals surface area contributed by atoms with E-state index < -0.39 is 0 Å². The van der Waals surface area contributed by atoms with Gasteiger partial charge < -0.3 is 0 Å². The normalized spacial score (nSPS) is 12.8. The van der Waals surface area contributed by atoms with E-state index in [1.54, 1.807) is 23.1 Å². The van der Waals surface area contributed by atoms with E-state index in [0.29, 0.717) is 6.54 Å². The van der Waals surface area contributed by atoms with Crippen LogP contribution in [0.3, 0.4) is 0 Å². The monoisotopic (exact) mass is 424 g/mol. The van der Waals surface area contributed by atoms with Gasteiger partial charge in [-0.25, -0.2) is 4.98 Å². The summed E-state index contributed by atoms with van der Waals surface area (Å²) in [6, 6.07) is 8.57. The maximum Gasteiger partial charge on any atom is 0.263 e. The van der Waals surface area contributed by atoms with Crippen molar-refractivity contribution in [3.63, 3.8) is 0 Å². The summed E-state index contributed by atoms with van der Waals surface area (Å²) in [4.78, 5) is 20.7. The molecule has 0 amide bonds. The van der Waals surface area contributed by atoms with Gasteiger partial charge in [0.25, 0.3) is 5.56 Å². The van der Waals surface area contributed by atoms with Crippen LogP contribution in [0.2, 0.25) is 0 Å². The number of aromatic nitrogens is 2. The van der Waals surface area contributed by atoms with E-state index in [-0.39, 0.29) is 5.56 Å². The second kappa shape index (κ2) is 8.88. The molecule has 0 spiro atoms. The number of aryl methyl sites for hydroxylation is 2. The molecule has 1 aromatic carbocycles. The van der Waals surface area contributed by atoms with Gasteiger partial charge in [-0.15, -0.1) is 11.3 Å². The Labute approximate surface area is 180 Å². The molecule has 3 aromatic rings. The molecule has 0 aliphatic heterocycles. The van der Waals surface area contributed by atoms with Gasteiger partial charge >= 0.3 is 0 Å². The van der Waals surface area contributed by atoms with Crippen LogP contribution >= 0.6 is 23.1 Å². The molecule has 0 saturated heterocycles. The van der Waals surface area contributed by atoms with Gasteiger partial charge in [0.1, 0.15) is 4.83 Å². The number of hydrogen-bond acceptors (Lipinski definition) is 4. The summed E-state index contributed by atoms with van der Waals surface area (Å²) in [5.41, 5.74) is 4.92. The van der Waals surface area contributed by atoms with E-state index in [0.717, 1.165) is 46.0 Å². The van der Waals surface area contributed by atoms with Gasteiger partial charge in [0.05, 0.1) is 5.39 Å². The number of thioether (sulfide) groups is 1. The lowest BCUT2D eigenvalue weighted by Crippen LogP contribution is -2.24. The second-order valence-electron chi connectivity index (χ2n) is 7.90. The van der Waals surface area contributed by atoms with E-state index in [9.17, 15) is 4.79 Å². The molecule has 2 aromatic heterocycles. The Balaban J connectivity index is 1.78. The summed E-state index contributed by atoms with van der Waals surface area (Å²) < 4.78 is 1.85. The molecule has 1 aliphatic carbocycles. The quantitative estimate of drug-likeness (QED) is 0.180. The van der Waals surface area contributed by atoms with Crippen molar-refractivity contribution in [1.82, 2.24) is 9.55 Å². The third kappa shape index (κ3) is 4.08. The van der Waals surface area contributed by atoms with Gasteiger partial charge in [-0.1, -0.05) is 74.4 Å². The highest BCUT2D eigenvalue weighted by Gasteiger charge is 2.25. The van der Waals surface area contributed by atoms with E-state index in [2.05, 4.69) is 37.8 Å². The largest absolute Gasteiger partial charge is 0.283 e. The molecule has 1 aliphatic rings. The van der Waals surface area contributed by atoms with Crippen LogP contribution in [0.1, 0.15) is 50.7 Å². The topological polar surface area (TPSA) is 34.9 Å². The van der Waals surface area contributed by atoms with Gasteiger partial charge in [0.2, 0.25) is 0 Å². The minimum absolute atomic E-state index is 0.103. The van der Waals surface area contributed by atoms with Crippen molar-refractivity contribution >= 4 is 33.3 Å². The predicted molar refractivity (Wildman–Crippen MR) is 126 cm³/mol. The van der Waals surface area contributed by atoms with Crippen LogP contribution in [0.5, 0.6) is 0 Å². The van der Waals surface area contributed by atoms with Gasteiger partial charge in [0, 0.05) is 17.2 Å². The third-order valence-electron chi connectivity index (χ3n) is 5.44. The van der Waals surface area contributed by atoms with Crippen molar-refractivity contribution in [2.45, 2.75) is 64.1 Å². The van der Waals surface area contributed by atoms with Crippen molar-refractivity contribution in [2.75, 3.05) is 5.75 Å². The fraction of sp³-hybridized carbons (Fsp3) is 0.417. The average molecular weight is 425 g/mol. The Morgan fingerprint density at radius 3 is 2.86 bits per heavy atom. The average Bonchev–Trinajstić information content (AvgIpc) is 3.09. The first-order valence-electron chi connectivity index (χ1n) is 10.5. The maximum absolute atomic E-state index is 13.5. The molecule has 0 radical (unpaired) electrons. The summed E-state index contributed by atoms with van der Waals surface area (Å²) >= 11 is 3.40. The lowest BCUT2D eigenvalue weighted by atomic mass is 9.90. The number of allylic oxidation sites excluding steroid dienone is 1. The molecule has 3 nitrogen and oxygen atoms in total. The zero-order valence-electron chi connectivity index (χ0n) is 17.3. The van der Waals surface area contributed by atoms with Gasteiger partial charge in [-0.2, -0.15) is 0 Å². The first kappa shape index (κ1) is 20.4. The molecule has 4 rings (SSSR count). The Kier molecular flexibility index (Phi) is 6.26. The fourth-order valence-corrected chi connectivity index (χ4v) is 6.33. The molecule has 0 N–H and O–H groups in total. The highest BCUT2D eigenvalue weighted by Crippen LogP contribution is 2.42. The Morgan fingerprint density at radius 2 is 2.07 bits per heavy atom. The molecule has 152 valence electrons. The minimum atomic E-state index is 0.103. The molecular formula is C24H28N2OS2. The lowest BCUT2D eigenvalue weighted by molar-refractivity contribution is 0.649. The van der Waals surface area contributed by atoms with Crippen molar-refractivity contribution in [2.24, 2.45) is 0 Å². The van der Waals surface area contributed by atoms with E-state index in [1.165, 1.54) is 40.8 Å². The summed E-state index contributed by atoms with van der Waals surface area (Å²) in [5.74, 6) is 1.00.